The number of hydrogen-bond donors (Lipinski definition) is 1. The molecule has 23 heavy (non-hydrogen) atoms. The molecular formula is C16H19NO4S2. The minimum Gasteiger partial charge on any atom is -0.502 e. The Labute approximate surface area is 145 Å². The van der Waals surface area contributed by atoms with Gasteiger partial charge in [0.05, 0.1) is 19.1 Å². The minimum atomic E-state index is -0.374. The summed E-state index contributed by atoms with van der Waals surface area (Å²) in [6, 6.07) is 3.28. The van der Waals surface area contributed by atoms with Crippen LogP contribution in [0.3, 0.4) is 0 Å². The average Bonchev–Trinajstić information content (AvgIpc) is 2.74. The third kappa shape index (κ3) is 3.45. The van der Waals surface area contributed by atoms with Crippen molar-refractivity contribution < 1.29 is 19.4 Å². The second kappa shape index (κ2) is 6.41. The molecule has 0 bridgehead atoms. The van der Waals surface area contributed by atoms with E-state index in [9.17, 15) is 9.90 Å². The number of thioether (sulfide) groups is 1. The summed E-state index contributed by atoms with van der Waals surface area (Å²) < 4.78 is 10.8. The van der Waals surface area contributed by atoms with Crippen LogP contribution in [0.2, 0.25) is 0 Å². The first kappa shape index (κ1) is 17.6. The Hall–Kier alpha value is -1.73. The van der Waals surface area contributed by atoms with Crippen molar-refractivity contribution in [2.75, 3.05) is 14.2 Å². The summed E-state index contributed by atoms with van der Waals surface area (Å²) in [6.07, 6.45) is 1.72. The highest BCUT2D eigenvalue weighted by molar-refractivity contribution is 8.26. The van der Waals surface area contributed by atoms with Gasteiger partial charge in [-0.2, -0.15) is 0 Å². The zero-order valence-electron chi connectivity index (χ0n) is 13.7. The summed E-state index contributed by atoms with van der Waals surface area (Å²) in [5, 5.41) is 9.95. The third-order valence-corrected chi connectivity index (χ3v) is 4.57. The van der Waals surface area contributed by atoms with Gasteiger partial charge >= 0.3 is 0 Å². The Kier molecular flexibility index (Phi) is 4.91. The molecule has 0 spiro atoms. The normalized spacial score (nSPS) is 17.1. The Morgan fingerprint density at radius 3 is 2.13 bits per heavy atom. The highest BCUT2D eigenvalue weighted by Gasteiger charge is 2.39. The number of amides is 1. The van der Waals surface area contributed by atoms with Crippen LogP contribution in [0.25, 0.3) is 6.08 Å². The van der Waals surface area contributed by atoms with Gasteiger partial charge in [0.15, 0.2) is 11.5 Å². The number of carbonyl (C=O) groups is 1. The van der Waals surface area contributed by atoms with Crippen molar-refractivity contribution in [3.63, 3.8) is 0 Å². The van der Waals surface area contributed by atoms with Gasteiger partial charge in [0.2, 0.25) is 5.75 Å². The fourth-order valence-corrected chi connectivity index (χ4v) is 3.83. The van der Waals surface area contributed by atoms with E-state index in [0.717, 1.165) is 0 Å². The van der Waals surface area contributed by atoms with Crippen molar-refractivity contribution in [3.05, 3.63) is 22.6 Å². The van der Waals surface area contributed by atoms with Crippen molar-refractivity contribution in [1.29, 1.82) is 0 Å². The monoisotopic (exact) mass is 353 g/mol. The van der Waals surface area contributed by atoms with E-state index in [4.69, 9.17) is 21.7 Å². The van der Waals surface area contributed by atoms with Crippen LogP contribution in [-0.4, -0.2) is 40.0 Å². The summed E-state index contributed by atoms with van der Waals surface area (Å²) >= 11 is 6.57. The van der Waals surface area contributed by atoms with E-state index in [1.807, 2.05) is 20.8 Å². The number of ether oxygens (including phenoxy) is 2. The highest BCUT2D eigenvalue weighted by Crippen LogP contribution is 2.40. The van der Waals surface area contributed by atoms with Crippen LogP contribution >= 0.6 is 24.0 Å². The van der Waals surface area contributed by atoms with Gasteiger partial charge in [-0.05, 0) is 44.5 Å². The summed E-state index contributed by atoms with van der Waals surface area (Å²) in [4.78, 5) is 14.7. The van der Waals surface area contributed by atoms with Gasteiger partial charge in [-0.25, -0.2) is 0 Å². The molecule has 5 nitrogen and oxygen atoms in total. The van der Waals surface area contributed by atoms with Crippen LogP contribution in [-0.2, 0) is 4.79 Å². The molecule has 1 N–H and O–H groups in total. The predicted octanol–water partition coefficient (Wildman–Crippen LogP) is 3.41. The van der Waals surface area contributed by atoms with Gasteiger partial charge in [-0.3, -0.25) is 9.69 Å². The lowest BCUT2D eigenvalue weighted by Crippen LogP contribution is -2.44. The fraction of sp³-hybridized carbons (Fsp3) is 0.375. The standard InChI is InChI=1S/C16H19NO4S2/c1-16(2,3)17-14(19)12(23-15(17)22)8-9-6-10(20-4)13(18)11(7-9)21-5/h6-8,18H,1-5H3. The number of rotatable bonds is 3. The first-order chi connectivity index (χ1) is 10.7. The fourth-order valence-electron chi connectivity index (χ4n) is 2.19. The number of phenolic OH excluding ortho intramolecular Hbond substituents is 1. The van der Waals surface area contributed by atoms with E-state index in [2.05, 4.69) is 0 Å². The van der Waals surface area contributed by atoms with E-state index in [-0.39, 0.29) is 28.7 Å². The van der Waals surface area contributed by atoms with E-state index in [1.54, 1.807) is 23.1 Å². The van der Waals surface area contributed by atoms with Crippen molar-refractivity contribution in [1.82, 2.24) is 4.90 Å². The lowest BCUT2D eigenvalue weighted by atomic mass is 10.1. The number of phenols is 1. The molecule has 1 aromatic carbocycles. The number of benzene rings is 1. The molecule has 7 heteroatoms. The average molecular weight is 353 g/mol. The first-order valence-electron chi connectivity index (χ1n) is 6.92. The molecule has 0 aromatic heterocycles. The maximum absolute atomic E-state index is 12.6. The van der Waals surface area contributed by atoms with E-state index >= 15 is 0 Å². The summed E-state index contributed by atoms with van der Waals surface area (Å²) in [7, 11) is 2.91. The summed E-state index contributed by atoms with van der Waals surface area (Å²) in [5.41, 5.74) is 0.312. The Bertz CT molecular complexity index is 667. The van der Waals surface area contributed by atoms with E-state index in [1.165, 1.54) is 26.0 Å². The van der Waals surface area contributed by atoms with Gasteiger partial charge in [0.1, 0.15) is 4.32 Å². The molecule has 0 aliphatic carbocycles. The van der Waals surface area contributed by atoms with Crippen LogP contribution in [0, 0.1) is 0 Å². The van der Waals surface area contributed by atoms with Crippen LogP contribution < -0.4 is 9.47 Å². The number of aromatic hydroxyl groups is 1. The molecule has 1 aromatic rings. The maximum Gasteiger partial charge on any atom is 0.266 e. The maximum atomic E-state index is 12.6. The zero-order valence-corrected chi connectivity index (χ0v) is 15.3. The molecule has 0 unspecified atom stereocenters. The molecule has 1 amide bonds. The van der Waals surface area contributed by atoms with Gasteiger partial charge in [0.25, 0.3) is 5.91 Å². The number of methoxy groups -OCH3 is 2. The quantitative estimate of drug-likeness (QED) is 0.664. The number of hydrogen-bond acceptors (Lipinski definition) is 6. The van der Waals surface area contributed by atoms with Crippen LogP contribution in [0.4, 0.5) is 0 Å². The Balaban J connectivity index is 2.44. The molecule has 1 heterocycles. The SMILES string of the molecule is COc1cc(C=C2SC(=S)N(C(C)(C)C)C2=O)cc(OC)c1O. The lowest BCUT2D eigenvalue weighted by Gasteiger charge is -2.30. The molecule has 0 saturated carbocycles. The molecule has 0 atom stereocenters. The Morgan fingerprint density at radius 2 is 1.74 bits per heavy atom. The molecule has 1 aliphatic rings. The lowest BCUT2D eigenvalue weighted by molar-refractivity contribution is -0.125. The Morgan fingerprint density at radius 1 is 1.22 bits per heavy atom. The topological polar surface area (TPSA) is 59.0 Å². The largest absolute Gasteiger partial charge is 0.502 e. The second-order valence-corrected chi connectivity index (χ2v) is 7.64. The van der Waals surface area contributed by atoms with E-state index < -0.39 is 0 Å². The van der Waals surface area contributed by atoms with Gasteiger partial charge in [-0.1, -0.05) is 24.0 Å². The minimum absolute atomic E-state index is 0.0746. The van der Waals surface area contributed by atoms with Crippen LogP contribution in [0.1, 0.15) is 26.3 Å². The molecule has 1 aliphatic heterocycles. The van der Waals surface area contributed by atoms with Crippen molar-refractivity contribution in [3.8, 4) is 17.2 Å². The molecule has 1 fully saturated rings. The number of carbonyl (C=O) groups excluding carboxylic acids is 1. The molecule has 1 saturated heterocycles. The molecular weight excluding hydrogens is 334 g/mol. The zero-order chi connectivity index (χ0) is 17.4. The van der Waals surface area contributed by atoms with Gasteiger partial charge < -0.3 is 14.6 Å². The van der Waals surface area contributed by atoms with Crippen LogP contribution in [0.15, 0.2) is 17.0 Å². The first-order valence-corrected chi connectivity index (χ1v) is 8.14. The van der Waals surface area contributed by atoms with Crippen molar-refractivity contribution in [2.24, 2.45) is 0 Å². The van der Waals surface area contributed by atoms with Gasteiger partial charge in [-0.15, -0.1) is 0 Å². The van der Waals surface area contributed by atoms with Gasteiger partial charge in [0, 0.05) is 5.54 Å². The molecule has 0 radical (unpaired) electrons. The smallest absolute Gasteiger partial charge is 0.266 e. The van der Waals surface area contributed by atoms with Crippen molar-refractivity contribution in [2.45, 2.75) is 26.3 Å². The number of nitrogens with zero attached hydrogens (tertiary/aromatic N) is 1. The summed E-state index contributed by atoms with van der Waals surface area (Å²) in [5.74, 6) is 0.358. The van der Waals surface area contributed by atoms with Crippen molar-refractivity contribution >= 4 is 40.3 Å². The predicted molar refractivity (Wildman–Crippen MR) is 96.0 cm³/mol. The van der Waals surface area contributed by atoms with Crippen LogP contribution in [0.5, 0.6) is 17.2 Å². The summed E-state index contributed by atoms with van der Waals surface area (Å²) in [6.45, 7) is 5.81. The molecule has 124 valence electrons. The highest BCUT2D eigenvalue weighted by atomic mass is 32.2. The third-order valence-electron chi connectivity index (χ3n) is 3.26. The second-order valence-electron chi connectivity index (χ2n) is 5.96. The van der Waals surface area contributed by atoms with E-state index in [0.29, 0.717) is 14.8 Å². The number of thiocarbonyl (C=S) groups is 1. The molecule has 2 rings (SSSR count).